The first-order valence-corrected chi connectivity index (χ1v) is 4.76. The molecule has 1 aromatic carbocycles. The van der Waals surface area contributed by atoms with E-state index >= 15 is 0 Å². The maximum atomic E-state index is 12.0. The number of halogens is 1. The molecule has 1 aromatic rings. The Bertz CT molecular complexity index is 379. The van der Waals surface area contributed by atoms with Gasteiger partial charge in [0, 0.05) is 0 Å². The Morgan fingerprint density at radius 3 is 2.93 bits per heavy atom. The molecule has 0 aromatic heterocycles. The van der Waals surface area contributed by atoms with Crippen LogP contribution in [0.5, 0.6) is 5.75 Å². The van der Waals surface area contributed by atoms with Gasteiger partial charge in [-0.15, -0.1) is 0 Å². The van der Waals surface area contributed by atoms with E-state index in [1.54, 1.807) is 6.07 Å². The number of aryl methyl sites for hydroxylation is 1. The molecular weight excluding hydrogens is 193 g/mol. The van der Waals surface area contributed by atoms with Gasteiger partial charge in [-0.05, 0) is 24.6 Å². The Hall–Kier alpha value is -1.53. The summed E-state index contributed by atoms with van der Waals surface area (Å²) in [5.41, 5.74) is 7.14. The van der Waals surface area contributed by atoms with Gasteiger partial charge in [0.25, 0.3) is 0 Å². The molecule has 0 amide bonds. The Morgan fingerprint density at radius 1 is 1.47 bits per heavy atom. The second-order valence-electron chi connectivity index (χ2n) is 3.04. The molecule has 80 valence electrons. The molecule has 2 N–H and O–H groups in total. The van der Waals surface area contributed by atoms with Crippen LogP contribution in [0.4, 0.5) is 4.39 Å². The minimum atomic E-state index is -0.502. The van der Waals surface area contributed by atoms with Gasteiger partial charge in [-0.1, -0.05) is 17.9 Å². The summed E-state index contributed by atoms with van der Waals surface area (Å²) in [5.74, 6) is 6.26. The van der Waals surface area contributed by atoms with Crippen LogP contribution in [0.2, 0.25) is 0 Å². The van der Waals surface area contributed by atoms with Gasteiger partial charge in [-0.25, -0.2) is 4.39 Å². The topological polar surface area (TPSA) is 35.2 Å². The minimum absolute atomic E-state index is 0.0559. The molecule has 1 rings (SSSR count). The van der Waals surface area contributed by atoms with Crippen molar-refractivity contribution in [2.24, 2.45) is 5.73 Å². The lowest BCUT2D eigenvalue weighted by atomic mass is 10.1. The second-order valence-corrected chi connectivity index (χ2v) is 3.04. The lowest BCUT2D eigenvalue weighted by molar-refractivity contribution is 0.272. The molecular formula is C12H14FNO. The molecule has 0 radical (unpaired) electrons. The number of nitrogens with two attached hydrogens (primary N) is 1. The molecule has 0 heterocycles. The van der Waals surface area contributed by atoms with E-state index in [0.717, 1.165) is 11.1 Å². The number of alkyl halides is 1. The SMILES string of the molecule is Cc1ccc(OCCF)c(C#CCN)c1. The van der Waals surface area contributed by atoms with Crippen LogP contribution in [0.3, 0.4) is 0 Å². The first-order valence-electron chi connectivity index (χ1n) is 4.76. The molecule has 2 nitrogen and oxygen atoms in total. The summed E-state index contributed by atoms with van der Waals surface area (Å²) in [6, 6.07) is 5.60. The van der Waals surface area contributed by atoms with Crippen molar-refractivity contribution in [1.82, 2.24) is 0 Å². The van der Waals surface area contributed by atoms with Gasteiger partial charge in [0.15, 0.2) is 0 Å². The smallest absolute Gasteiger partial charge is 0.135 e. The van der Waals surface area contributed by atoms with Crippen LogP contribution < -0.4 is 10.5 Å². The van der Waals surface area contributed by atoms with Gasteiger partial charge in [0.1, 0.15) is 19.0 Å². The van der Waals surface area contributed by atoms with Crippen molar-refractivity contribution in [1.29, 1.82) is 0 Å². The fraction of sp³-hybridized carbons (Fsp3) is 0.333. The molecule has 0 fully saturated rings. The number of hydrogen-bond acceptors (Lipinski definition) is 2. The van der Waals surface area contributed by atoms with Crippen LogP contribution in [-0.4, -0.2) is 19.8 Å². The molecule has 0 spiro atoms. The molecule has 0 aliphatic carbocycles. The van der Waals surface area contributed by atoms with Crippen LogP contribution in [-0.2, 0) is 0 Å². The summed E-state index contributed by atoms with van der Waals surface area (Å²) in [6.45, 7) is 1.82. The van der Waals surface area contributed by atoms with Gasteiger partial charge in [0.05, 0.1) is 12.1 Å². The average Bonchev–Trinajstić information content (AvgIpc) is 2.25. The van der Waals surface area contributed by atoms with E-state index < -0.39 is 6.67 Å². The Labute approximate surface area is 89.2 Å². The summed E-state index contributed by atoms with van der Waals surface area (Å²) in [7, 11) is 0. The zero-order valence-corrected chi connectivity index (χ0v) is 8.72. The largest absolute Gasteiger partial charge is 0.490 e. The maximum absolute atomic E-state index is 12.0. The van der Waals surface area contributed by atoms with Gasteiger partial charge in [0.2, 0.25) is 0 Å². The van der Waals surface area contributed by atoms with E-state index in [1.165, 1.54) is 0 Å². The average molecular weight is 207 g/mol. The molecule has 0 unspecified atom stereocenters. The zero-order chi connectivity index (χ0) is 11.1. The van der Waals surface area contributed by atoms with E-state index in [1.807, 2.05) is 19.1 Å². The molecule has 0 aliphatic heterocycles. The Kier molecular flexibility index (Phi) is 4.65. The molecule has 0 saturated heterocycles. The number of hydrogen-bond donors (Lipinski definition) is 1. The monoisotopic (exact) mass is 207 g/mol. The number of rotatable bonds is 3. The van der Waals surface area contributed by atoms with Gasteiger partial charge in [-0.2, -0.15) is 0 Å². The van der Waals surface area contributed by atoms with E-state index in [4.69, 9.17) is 10.5 Å². The summed E-state index contributed by atoms with van der Waals surface area (Å²) < 4.78 is 17.2. The van der Waals surface area contributed by atoms with E-state index in [0.29, 0.717) is 12.3 Å². The van der Waals surface area contributed by atoms with Crippen LogP contribution >= 0.6 is 0 Å². The van der Waals surface area contributed by atoms with Gasteiger partial charge >= 0.3 is 0 Å². The molecule has 0 bridgehead atoms. The lowest BCUT2D eigenvalue weighted by Crippen LogP contribution is -2.01. The van der Waals surface area contributed by atoms with Crippen molar-refractivity contribution in [3.05, 3.63) is 29.3 Å². The molecule has 0 aliphatic rings. The van der Waals surface area contributed by atoms with Crippen LogP contribution in [0, 0.1) is 18.8 Å². The summed E-state index contributed by atoms with van der Waals surface area (Å²) in [5, 5.41) is 0. The highest BCUT2D eigenvalue weighted by atomic mass is 19.1. The van der Waals surface area contributed by atoms with Gasteiger partial charge < -0.3 is 10.5 Å². The summed E-state index contributed by atoms with van der Waals surface area (Å²) in [4.78, 5) is 0. The number of benzene rings is 1. The van der Waals surface area contributed by atoms with E-state index in [2.05, 4.69) is 11.8 Å². The highest BCUT2D eigenvalue weighted by Crippen LogP contribution is 2.18. The van der Waals surface area contributed by atoms with Crippen LogP contribution in [0.1, 0.15) is 11.1 Å². The van der Waals surface area contributed by atoms with Crippen molar-refractivity contribution in [2.45, 2.75) is 6.92 Å². The third-order valence-electron chi connectivity index (χ3n) is 1.79. The van der Waals surface area contributed by atoms with Crippen molar-refractivity contribution in [3.8, 4) is 17.6 Å². The first kappa shape index (κ1) is 11.5. The van der Waals surface area contributed by atoms with Crippen molar-refractivity contribution in [3.63, 3.8) is 0 Å². The predicted octanol–water partition coefficient (Wildman–Crippen LogP) is 1.65. The first-order chi connectivity index (χ1) is 7.27. The summed E-state index contributed by atoms with van der Waals surface area (Å²) >= 11 is 0. The fourth-order valence-corrected chi connectivity index (χ4v) is 1.16. The third-order valence-corrected chi connectivity index (χ3v) is 1.79. The van der Waals surface area contributed by atoms with E-state index in [-0.39, 0.29) is 6.61 Å². The second kappa shape index (κ2) is 6.05. The summed E-state index contributed by atoms with van der Waals surface area (Å²) in [6.07, 6.45) is 0. The Balaban J connectivity index is 2.92. The van der Waals surface area contributed by atoms with E-state index in [9.17, 15) is 4.39 Å². The highest BCUT2D eigenvalue weighted by Gasteiger charge is 2.01. The maximum Gasteiger partial charge on any atom is 0.135 e. The Morgan fingerprint density at radius 2 is 2.27 bits per heavy atom. The van der Waals surface area contributed by atoms with Crippen molar-refractivity contribution in [2.75, 3.05) is 19.8 Å². The van der Waals surface area contributed by atoms with Crippen molar-refractivity contribution >= 4 is 0 Å². The van der Waals surface area contributed by atoms with Crippen LogP contribution in [0.15, 0.2) is 18.2 Å². The predicted molar refractivity (Wildman–Crippen MR) is 58.6 cm³/mol. The highest BCUT2D eigenvalue weighted by molar-refractivity contribution is 5.48. The lowest BCUT2D eigenvalue weighted by Gasteiger charge is -2.06. The molecule has 3 heteroatoms. The molecule has 0 atom stereocenters. The normalized spacial score (nSPS) is 9.27. The van der Waals surface area contributed by atoms with Gasteiger partial charge in [-0.3, -0.25) is 0 Å². The van der Waals surface area contributed by atoms with Crippen LogP contribution in [0.25, 0.3) is 0 Å². The van der Waals surface area contributed by atoms with Crippen molar-refractivity contribution < 1.29 is 9.13 Å². The molecule has 15 heavy (non-hydrogen) atoms. The number of ether oxygens (including phenoxy) is 1. The fourth-order valence-electron chi connectivity index (χ4n) is 1.16. The molecule has 0 saturated carbocycles. The minimum Gasteiger partial charge on any atom is -0.490 e. The zero-order valence-electron chi connectivity index (χ0n) is 8.72. The quantitative estimate of drug-likeness (QED) is 0.765. The third kappa shape index (κ3) is 3.61. The standard InChI is InChI=1S/C12H14FNO/c1-10-4-5-12(15-8-6-13)11(9-10)3-2-7-14/h4-5,9H,6-8,14H2,1H3.